The van der Waals surface area contributed by atoms with Crippen molar-refractivity contribution in [2.24, 2.45) is 11.7 Å². The molecule has 1 aliphatic heterocycles. The number of alkyl halides is 1. The molecule has 1 aromatic rings. The molecule has 4 atom stereocenters. The lowest BCUT2D eigenvalue weighted by Gasteiger charge is -2.26. The van der Waals surface area contributed by atoms with Crippen molar-refractivity contribution in [3.8, 4) is 0 Å². The number of hydrogen-bond acceptors (Lipinski definition) is 4. The van der Waals surface area contributed by atoms with Gasteiger partial charge in [0.2, 0.25) is 5.91 Å². The molecule has 6 heteroatoms. The maximum Gasteiger partial charge on any atom is 0.223 e. The molecule has 0 bridgehead atoms. The zero-order chi connectivity index (χ0) is 20.6. The van der Waals surface area contributed by atoms with E-state index >= 15 is 0 Å². The Kier molecular flexibility index (Phi) is 8.86. The third kappa shape index (κ3) is 8.25. The van der Waals surface area contributed by atoms with Crippen LogP contribution in [0.4, 0.5) is 4.39 Å². The molecule has 1 aromatic carbocycles. The molecule has 1 unspecified atom stereocenters. The topological polar surface area (TPSA) is 84.6 Å². The van der Waals surface area contributed by atoms with E-state index in [1.54, 1.807) is 0 Å². The Morgan fingerprint density at radius 1 is 1.39 bits per heavy atom. The summed E-state index contributed by atoms with van der Waals surface area (Å²) in [4.78, 5) is 12.7. The smallest absolute Gasteiger partial charge is 0.223 e. The lowest BCUT2D eigenvalue weighted by atomic mass is 9.88. The van der Waals surface area contributed by atoms with E-state index in [0.717, 1.165) is 25.0 Å². The highest BCUT2D eigenvalue weighted by Crippen LogP contribution is 2.24. The molecule has 0 aromatic heterocycles. The minimum absolute atomic E-state index is 0.0486. The van der Waals surface area contributed by atoms with Crippen LogP contribution in [0.5, 0.6) is 0 Å². The van der Waals surface area contributed by atoms with Crippen LogP contribution < -0.4 is 11.1 Å². The quantitative estimate of drug-likeness (QED) is 0.539. The van der Waals surface area contributed by atoms with Gasteiger partial charge in [-0.2, -0.15) is 0 Å². The summed E-state index contributed by atoms with van der Waals surface area (Å²) < 4.78 is 19.5. The number of halogens is 1. The van der Waals surface area contributed by atoms with Gasteiger partial charge in [0.25, 0.3) is 0 Å². The lowest BCUT2D eigenvalue weighted by molar-refractivity contribution is -0.127. The minimum Gasteiger partial charge on any atom is -0.391 e. The number of aliphatic hydroxyl groups is 1. The molecule has 158 valence electrons. The second-order valence-electron chi connectivity index (χ2n) is 8.49. The summed E-state index contributed by atoms with van der Waals surface area (Å²) in [5, 5.41) is 13.5. The SMILES string of the molecule is CC(C)(F)CC[C@H](C[C@H](O)[C@@H](N)Cc1ccccc1)C(=O)NCC1CCCO1. The summed E-state index contributed by atoms with van der Waals surface area (Å²) in [6.07, 6.45) is 2.54. The molecule has 0 aliphatic carbocycles. The van der Waals surface area contributed by atoms with Crippen molar-refractivity contribution in [2.45, 2.75) is 76.3 Å². The van der Waals surface area contributed by atoms with Gasteiger partial charge in [0.05, 0.1) is 12.2 Å². The van der Waals surface area contributed by atoms with Gasteiger partial charge in [0.15, 0.2) is 0 Å². The third-order valence-electron chi connectivity index (χ3n) is 5.32. The van der Waals surface area contributed by atoms with Gasteiger partial charge in [0.1, 0.15) is 5.67 Å². The Morgan fingerprint density at radius 2 is 2.11 bits per heavy atom. The number of carbonyl (C=O) groups is 1. The zero-order valence-corrected chi connectivity index (χ0v) is 17.1. The van der Waals surface area contributed by atoms with Crippen LogP contribution in [0.25, 0.3) is 0 Å². The van der Waals surface area contributed by atoms with Gasteiger partial charge in [-0.25, -0.2) is 4.39 Å². The summed E-state index contributed by atoms with van der Waals surface area (Å²) >= 11 is 0. The number of hydrogen-bond donors (Lipinski definition) is 3. The molecule has 5 nitrogen and oxygen atoms in total. The number of nitrogens with one attached hydrogen (secondary N) is 1. The van der Waals surface area contributed by atoms with E-state index in [1.165, 1.54) is 13.8 Å². The molecule has 28 heavy (non-hydrogen) atoms. The molecule has 0 spiro atoms. The fourth-order valence-electron chi connectivity index (χ4n) is 3.53. The highest BCUT2D eigenvalue weighted by Gasteiger charge is 2.28. The van der Waals surface area contributed by atoms with Crippen molar-refractivity contribution in [1.82, 2.24) is 5.32 Å². The average molecular weight is 395 g/mol. The van der Waals surface area contributed by atoms with Crippen molar-refractivity contribution in [2.75, 3.05) is 13.2 Å². The van der Waals surface area contributed by atoms with Crippen LogP contribution in [0.15, 0.2) is 30.3 Å². The first-order chi connectivity index (χ1) is 13.2. The van der Waals surface area contributed by atoms with E-state index in [0.29, 0.717) is 19.4 Å². The third-order valence-corrected chi connectivity index (χ3v) is 5.32. The Hall–Kier alpha value is -1.50. The van der Waals surface area contributed by atoms with E-state index in [-0.39, 0.29) is 24.9 Å². The van der Waals surface area contributed by atoms with Gasteiger partial charge >= 0.3 is 0 Å². The second kappa shape index (κ2) is 10.9. The number of nitrogens with two attached hydrogens (primary N) is 1. The van der Waals surface area contributed by atoms with Gasteiger partial charge in [0, 0.05) is 25.1 Å². The van der Waals surface area contributed by atoms with Crippen LogP contribution >= 0.6 is 0 Å². The van der Waals surface area contributed by atoms with E-state index in [4.69, 9.17) is 10.5 Å². The van der Waals surface area contributed by atoms with E-state index in [1.807, 2.05) is 30.3 Å². The van der Waals surface area contributed by atoms with Gasteiger partial charge in [-0.1, -0.05) is 30.3 Å². The molecule has 1 fully saturated rings. The van der Waals surface area contributed by atoms with E-state index < -0.39 is 23.7 Å². The monoisotopic (exact) mass is 394 g/mol. The molecule has 1 amide bonds. The normalized spacial score (nSPS) is 20.5. The van der Waals surface area contributed by atoms with Crippen molar-refractivity contribution in [1.29, 1.82) is 0 Å². The molecule has 0 saturated carbocycles. The molecular formula is C22H35FN2O3. The van der Waals surface area contributed by atoms with Crippen LogP contribution in [0.2, 0.25) is 0 Å². The molecule has 2 rings (SSSR count). The van der Waals surface area contributed by atoms with Crippen molar-refractivity contribution >= 4 is 5.91 Å². The van der Waals surface area contributed by atoms with Crippen LogP contribution in [0.3, 0.4) is 0 Å². The average Bonchev–Trinajstić information content (AvgIpc) is 3.16. The first-order valence-corrected chi connectivity index (χ1v) is 10.3. The Balaban J connectivity index is 1.91. The number of benzene rings is 1. The van der Waals surface area contributed by atoms with Crippen LogP contribution in [0.1, 0.15) is 51.5 Å². The summed E-state index contributed by atoms with van der Waals surface area (Å²) in [6.45, 7) is 4.20. The molecule has 1 saturated heterocycles. The predicted molar refractivity (Wildman–Crippen MR) is 109 cm³/mol. The number of ether oxygens (including phenoxy) is 1. The Bertz CT molecular complexity index is 585. The Morgan fingerprint density at radius 3 is 2.71 bits per heavy atom. The van der Waals surface area contributed by atoms with Crippen molar-refractivity contribution in [3.05, 3.63) is 35.9 Å². The van der Waals surface area contributed by atoms with Gasteiger partial charge < -0.3 is 20.9 Å². The Labute approximate surface area is 167 Å². The van der Waals surface area contributed by atoms with Crippen LogP contribution in [-0.2, 0) is 16.0 Å². The highest BCUT2D eigenvalue weighted by molar-refractivity contribution is 5.78. The largest absolute Gasteiger partial charge is 0.391 e. The number of amides is 1. The summed E-state index contributed by atoms with van der Waals surface area (Å²) in [7, 11) is 0. The maximum absolute atomic E-state index is 14.0. The standard InChI is InChI=1S/C22H35FN2O3/c1-22(2,23)11-10-17(21(27)25-15-18-9-6-12-28-18)14-20(26)19(24)13-16-7-4-3-5-8-16/h3-5,7-8,17-20,26H,6,9-15,24H2,1-2H3,(H,25,27)/t17-,18?,19+,20+/m1/s1. The molecule has 4 N–H and O–H groups in total. The van der Waals surface area contributed by atoms with Crippen molar-refractivity contribution in [3.63, 3.8) is 0 Å². The summed E-state index contributed by atoms with van der Waals surface area (Å²) in [5.41, 5.74) is 5.86. The molecule has 0 radical (unpaired) electrons. The number of rotatable bonds is 11. The maximum atomic E-state index is 14.0. The highest BCUT2D eigenvalue weighted by atomic mass is 19.1. The lowest BCUT2D eigenvalue weighted by Crippen LogP contribution is -2.42. The number of aliphatic hydroxyl groups excluding tert-OH is 1. The number of carbonyl (C=O) groups excluding carboxylic acids is 1. The van der Waals surface area contributed by atoms with Gasteiger partial charge in [-0.05, 0) is 57.9 Å². The van der Waals surface area contributed by atoms with Gasteiger partial charge in [-0.15, -0.1) is 0 Å². The zero-order valence-electron chi connectivity index (χ0n) is 17.1. The molecular weight excluding hydrogens is 359 g/mol. The van der Waals surface area contributed by atoms with Crippen LogP contribution in [-0.4, -0.2) is 48.1 Å². The first-order valence-electron chi connectivity index (χ1n) is 10.3. The second-order valence-corrected chi connectivity index (χ2v) is 8.49. The van der Waals surface area contributed by atoms with E-state index in [2.05, 4.69) is 5.32 Å². The first kappa shape index (κ1) is 22.8. The van der Waals surface area contributed by atoms with E-state index in [9.17, 15) is 14.3 Å². The fraction of sp³-hybridized carbons (Fsp3) is 0.682. The molecule has 1 aliphatic rings. The van der Waals surface area contributed by atoms with Gasteiger partial charge in [-0.3, -0.25) is 4.79 Å². The van der Waals surface area contributed by atoms with Crippen LogP contribution in [0, 0.1) is 5.92 Å². The molecule has 1 heterocycles. The summed E-state index contributed by atoms with van der Waals surface area (Å²) in [6, 6.07) is 9.24. The van der Waals surface area contributed by atoms with Crippen molar-refractivity contribution < 1.29 is 19.0 Å². The minimum atomic E-state index is -1.36. The summed E-state index contributed by atoms with van der Waals surface area (Å²) in [5.74, 6) is -0.640. The predicted octanol–water partition coefficient (Wildman–Crippen LogP) is 2.75. The fourth-order valence-corrected chi connectivity index (χ4v) is 3.53.